The predicted octanol–water partition coefficient (Wildman–Crippen LogP) is 1.57. The van der Waals surface area contributed by atoms with Crippen LogP contribution >= 0.6 is 0 Å². The molecular weight excluding hydrogens is 168 g/mol. The van der Waals surface area contributed by atoms with Crippen molar-refractivity contribution in [1.82, 2.24) is 0 Å². The fourth-order valence-electron chi connectivity index (χ4n) is 1.03. The van der Waals surface area contributed by atoms with Gasteiger partial charge in [-0.2, -0.15) is 0 Å². The smallest absolute Gasteiger partial charge is 0.146 e. The summed E-state index contributed by atoms with van der Waals surface area (Å²) in [5.74, 6) is 0.0909. The van der Waals surface area contributed by atoms with Crippen molar-refractivity contribution in [3.8, 4) is 0 Å². The minimum atomic E-state index is -0.385. The molecule has 0 aromatic rings. The van der Waals surface area contributed by atoms with Gasteiger partial charge in [0, 0.05) is 13.0 Å². The van der Waals surface area contributed by atoms with Crippen LogP contribution in [-0.4, -0.2) is 31.2 Å². The lowest BCUT2D eigenvalue weighted by atomic mass is 9.97. The molecule has 0 aliphatic heterocycles. The summed E-state index contributed by atoms with van der Waals surface area (Å²) < 4.78 is 10.1. The molecule has 0 saturated carbocycles. The van der Waals surface area contributed by atoms with Gasteiger partial charge in [-0.3, -0.25) is 0 Å². The van der Waals surface area contributed by atoms with E-state index in [9.17, 15) is 5.11 Å². The van der Waals surface area contributed by atoms with E-state index in [0.29, 0.717) is 6.42 Å². The second-order valence-corrected chi connectivity index (χ2v) is 3.23. The lowest BCUT2D eigenvalue weighted by molar-refractivity contribution is -0.0983. The second kappa shape index (κ2) is 7.06. The summed E-state index contributed by atoms with van der Waals surface area (Å²) in [7, 11) is 1.58. The van der Waals surface area contributed by atoms with Crippen molar-refractivity contribution in [2.24, 2.45) is 5.92 Å². The fraction of sp³-hybridized carbons (Fsp3) is 0.800. The van der Waals surface area contributed by atoms with Gasteiger partial charge in [-0.1, -0.05) is 13.0 Å². The molecule has 0 aliphatic rings. The van der Waals surface area contributed by atoms with E-state index in [4.69, 9.17) is 9.47 Å². The quantitative estimate of drug-likeness (QED) is 0.487. The predicted molar refractivity (Wildman–Crippen MR) is 52.4 cm³/mol. The SMILES string of the molecule is C=CC[C@@H](O)[C@H](C)[C@H](C)OCOC. The molecule has 0 saturated heterocycles. The molecule has 3 atom stereocenters. The van der Waals surface area contributed by atoms with Gasteiger partial charge in [0.15, 0.2) is 0 Å². The van der Waals surface area contributed by atoms with Crippen LogP contribution in [0.15, 0.2) is 12.7 Å². The molecule has 0 amide bonds. The molecule has 78 valence electrons. The first-order valence-electron chi connectivity index (χ1n) is 4.53. The molecule has 0 heterocycles. The third-order valence-electron chi connectivity index (χ3n) is 2.20. The maximum atomic E-state index is 9.60. The number of rotatable bonds is 7. The molecule has 0 aromatic carbocycles. The topological polar surface area (TPSA) is 38.7 Å². The number of ether oxygens (including phenoxy) is 2. The summed E-state index contributed by atoms with van der Waals surface area (Å²) in [5.41, 5.74) is 0. The van der Waals surface area contributed by atoms with Crippen molar-refractivity contribution >= 4 is 0 Å². The van der Waals surface area contributed by atoms with Crippen LogP contribution in [0.25, 0.3) is 0 Å². The van der Waals surface area contributed by atoms with Crippen molar-refractivity contribution < 1.29 is 14.6 Å². The molecular formula is C10H20O3. The first kappa shape index (κ1) is 12.6. The van der Waals surface area contributed by atoms with Crippen LogP contribution in [0.2, 0.25) is 0 Å². The maximum Gasteiger partial charge on any atom is 0.146 e. The molecule has 0 bridgehead atoms. The van der Waals surface area contributed by atoms with E-state index in [-0.39, 0.29) is 24.9 Å². The van der Waals surface area contributed by atoms with Crippen molar-refractivity contribution in [2.75, 3.05) is 13.9 Å². The summed E-state index contributed by atoms with van der Waals surface area (Å²) in [4.78, 5) is 0. The Morgan fingerprint density at radius 3 is 2.54 bits per heavy atom. The highest BCUT2D eigenvalue weighted by atomic mass is 16.7. The zero-order valence-corrected chi connectivity index (χ0v) is 8.69. The first-order chi connectivity index (χ1) is 6.13. The van der Waals surface area contributed by atoms with E-state index in [1.54, 1.807) is 13.2 Å². The highest BCUT2D eigenvalue weighted by Crippen LogP contribution is 2.14. The zero-order chi connectivity index (χ0) is 10.3. The normalized spacial score (nSPS) is 17.8. The monoisotopic (exact) mass is 188 g/mol. The summed E-state index contributed by atoms with van der Waals surface area (Å²) >= 11 is 0. The highest BCUT2D eigenvalue weighted by molar-refractivity contribution is 4.78. The minimum absolute atomic E-state index is 0.00472. The Hall–Kier alpha value is -0.380. The molecule has 0 fully saturated rings. The molecule has 13 heavy (non-hydrogen) atoms. The van der Waals surface area contributed by atoms with Gasteiger partial charge >= 0.3 is 0 Å². The summed E-state index contributed by atoms with van der Waals surface area (Å²) in [5, 5.41) is 9.60. The lowest BCUT2D eigenvalue weighted by Crippen LogP contribution is -2.29. The van der Waals surface area contributed by atoms with E-state index in [1.807, 2.05) is 13.8 Å². The number of hydrogen-bond acceptors (Lipinski definition) is 3. The van der Waals surface area contributed by atoms with Crippen LogP contribution in [-0.2, 0) is 9.47 Å². The zero-order valence-electron chi connectivity index (χ0n) is 8.69. The Labute approximate surface area is 80.4 Å². The van der Waals surface area contributed by atoms with Gasteiger partial charge < -0.3 is 14.6 Å². The Morgan fingerprint density at radius 1 is 1.46 bits per heavy atom. The average Bonchev–Trinajstić information content (AvgIpc) is 2.13. The van der Waals surface area contributed by atoms with Gasteiger partial charge in [0.2, 0.25) is 0 Å². The van der Waals surface area contributed by atoms with Gasteiger partial charge in [-0.05, 0) is 13.3 Å². The van der Waals surface area contributed by atoms with Gasteiger partial charge in [-0.25, -0.2) is 0 Å². The Bertz CT molecular complexity index is 136. The molecule has 3 nitrogen and oxygen atoms in total. The van der Waals surface area contributed by atoms with Crippen LogP contribution in [0.3, 0.4) is 0 Å². The Morgan fingerprint density at radius 2 is 2.08 bits per heavy atom. The van der Waals surface area contributed by atoms with E-state index in [1.165, 1.54) is 0 Å². The highest BCUT2D eigenvalue weighted by Gasteiger charge is 2.19. The molecule has 3 heteroatoms. The van der Waals surface area contributed by atoms with Crippen molar-refractivity contribution in [3.63, 3.8) is 0 Å². The van der Waals surface area contributed by atoms with Crippen LogP contribution in [0.5, 0.6) is 0 Å². The molecule has 0 aliphatic carbocycles. The number of aliphatic hydroxyl groups is 1. The number of methoxy groups -OCH3 is 1. The molecule has 0 rings (SSSR count). The third kappa shape index (κ3) is 5.03. The van der Waals surface area contributed by atoms with Crippen molar-refractivity contribution in [1.29, 1.82) is 0 Å². The fourth-order valence-corrected chi connectivity index (χ4v) is 1.03. The molecule has 0 radical (unpaired) electrons. The van der Waals surface area contributed by atoms with Crippen LogP contribution in [0.4, 0.5) is 0 Å². The largest absolute Gasteiger partial charge is 0.392 e. The van der Waals surface area contributed by atoms with Crippen molar-refractivity contribution in [2.45, 2.75) is 32.5 Å². The van der Waals surface area contributed by atoms with E-state index in [2.05, 4.69) is 6.58 Å². The van der Waals surface area contributed by atoms with E-state index < -0.39 is 0 Å². The first-order valence-corrected chi connectivity index (χ1v) is 4.53. The summed E-state index contributed by atoms with van der Waals surface area (Å²) in [6, 6.07) is 0. The molecule has 0 spiro atoms. The third-order valence-corrected chi connectivity index (χ3v) is 2.20. The van der Waals surface area contributed by atoms with Crippen LogP contribution in [0, 0.1) is 5.92 Å². The summed E-state index contributed by atoms with van der Waals surface area (Å²) in [6.45, 7) is 7.73. The number of aliphatic hydroxyl groups excluding tert-OH is 1. The van der Waals surface area contributed by atoms with Gasteiger partial charge in [0.05, 0.1) is 12.2 Å². The molecule has 0 aromatic heterocycles. The summed E-state index contributed by atoms with van der Waals surface area (Å²) in [6.07, 6.45) is 1.92. The van der Waals surface area contributed by atoms with E-state index in [0.717, 1.165) is 0 Å². The maximum absolute atomic E-state index is 9.60. The van der Waals surface area contributed by atoms with Crippen LogP contribution in [0.1, 0.15) is 20.3 Å². The van der Waals surface area contributed by atoms with Gasteiger partial charge in [0.1, 0.15) is 6.79 Å². The van der Waals surface area contributed by atoms with Gasteiger partial charge in [0.25, 0.3) is 0 Å². The lowest BCUT2D eigenvalue weighted by Gasteiger charge is -2.24. The number of hydrogen-bond donors (Lipinski definition) is 1. The molecule has 0 unspecified atom stereocenters. The van der Waals surface area contributed by atoms with Crippen molar-refractivity contribution in [3.05, 3.63) is 12.7 Å². The Balaban J connectivity index is 3.78. The minimum Gasteiger partial charge on any atom is -0.392 e. The Kier molecular flexibility index (Phi) is 6.86. The van der Waals surface area contributed by atoms with Gasteiger partial charge in [-0.15, -0.1) is 6.58 Å². The average molecular weight is 188 g/mol. The van der Waals surface area contributed by atoms with Crippen LogP contribution < -0.4 is 0 Å². The van der Waals surface area contributed by atoms with E-state index >= 15 is 0 Å². The second-order valence-electron chi connectivity index (χ2n) is 3.23. The standard InChI is InChI=1S/C10H20O3/c1-5-6-10(11)8(2)9(3)13-7-12-4/h5,8-11H,1,6-7H2,2-4H3/t8-,9+,10-/m1/s1. The molecule has 1 N–H and O–H groups in total.